The SMILES string of the molecule is CC1(C)C(=O)Nc2ccc(C3(C#N)CC=CN3C(=O)O)cc21. The molecule has 2 heterocycles. The number of anilines is 1. The van der Waals surface area contributed by atoms with Crippen LogP contribution >= 0.6 is 0 Å². The smallest absolute Gasteiger partial charge is 0.412 e. The number of nitrogens with one attached hydrogen (secondary N) is 1. The first-order valence-corrected chi connectivity index (χ1v) is 6.89. The maximum absolute atomic E-state index is 12.0. The maximum atomic E-state index is 12.0. The first-order valence-electron chi connectivity index (χ1n) is 6.89. The molecule has 6 nitrogen and oxygen atoms in total. The quantitative estimate of drug-likeness (QED) is 0.833. The summed E-state index contributed by atoms with van der Waals surface area (Å²) in [5, 5.41) is 21.8. The number of benzene rings is 1. The molecule has 1 aromatic carbocycles. The van der Waals surface area contributed by atoms with Crippen LogP contribution in [0.25, 0.3) is 0 Å². The van der Waals surface area contributed by atoms with Gasteiger partial charge in [0, 0.05) is 18.3 Å². The third kappa shape index (κ3) is 1.65. The van der Waals surface area contributed by atoms with Crippen LogP contribution in [0.2, 0.25) is 0 Å². The molecule has 2 aliphatic heterocycles. The summed E-state index contributed by atoms with van der Waals surface area (Å²) in [7, 11) is 0. The van der Waals surface area contributed by atoms with Crippen LogP contribution in [0.5, 0.6) is 0 Å². The summed E-state index contributed by atoms with van der Waals surface area (Å²) in [6.45, 7) is 3.61. The van der Waals surface area contributed by atoms with Gasteiger partial charge in [0.05, 0.1) is 11.5 Å². The molecule has 0 radical (unpaired) electrons. The van der Waals surface area contributed by atoms with Crippen LogP contribution < -0.4 is 5.32 Å². The van der Waals surface area contributed by atoms with Gasteiger partial charge in [0.25, 0.3) is 0 Å². The Kier molecular flexibility index (Phi) is 2.79. The molecular formula is C16H15N3O3. The monoisotopic (exact) mass is 297 g/mol. The Labute approximate surface area is 127 Å². The number of nitrogens with zero attached hydrogens (tertiary/aromatic N) is 2. The molecule has 3 rings (SSSR count). The van der Waals surface area contributed by atoms with Crippen LogP contribution in [0.3, 0.4) is 0 Å². The van der Waals surface area contributed by atoms with Gasteiger partial charge in [-0.1, -0.05) is 12.1 Å². The predicted molar refractivity (Wildman–Crippen MR) is 79.0 cm³/mol. The van der Waals surface area contributed by atoms with Gasteiger partial charge in [0.1, 0.15) is 0 Å². The maximum Gasteiger partial charge on any atom is 0.412 e. The number of fused-ring (bicyclic) bond motifs is 1. The average molecular weight is 297 g/mol. The van der Waals surface area contributed by atoms with Gasteiger partial charge in [-0.3, -0.25) is 9.69 Å². The van der Waals surface area contributed by atoms with Gasteiger partial charge in [-0.25, -0.2) is 4.79 Å². The molecule has 2 amide bonds. The topological polar surface area (TPSA) is 93.4 Å². The molecule has 0 aliphatic carbocycles. The number of amides is 2. The van der Waals surface area contributed by atoms with Gasteiger partial charge in [-0.15, -0.1) is 0 Å². The second-order valence-electron chi connectivity index (χ2n) is 6.05. The standard InChI is InChI=1S/C16H15N3O3/c1-15(2)11-8-10(4-5-12(11)18-13(15)20)16(9-17)6-3-7-19(16)14(21)22/h3-5,7-8H,6H2,1-2H3,(H,18,20)(H,21,22). The van der Waals surface area contributed by atoms with Crippen molar-refractivity contribution in [3.8, 4) is 6.07 Å². The van der Waals surface area contributed by atoms with Crippen LogP contribution in [-0.2, 0) is 15.7 Å². The molecule has 0 bridgehead atoms. The molecule has 6 heteroatoms. The molecule has 2 aliphatic rings. The lowest BCUT2D eigenvalue weighted by Gasteiger charge is -2.31. The van der Waals surface area contributed by atoms with E-state index in [0.717, 1.165) is 10.5 Å². The van der Waals surface area contributed by atoms with Gasteiger partial charge in [0.2, 0.25) is 5.91 Å². The number of hydrogen-bond acceptors (Lipinski definition) is 3. The third-order valence-corrected chi connectivity index (χ3v) is 4.46. The number of carboxylic acid groups (broad SMARTS) is 1. The third-order valence-electron chi connectivity index (χ3n) is 4.46. The Morgan fingerprint density at radius 1 is 1.45 bits per heavy atom. The van der Waals surface area contributed by atoms with E-state index in [1.807, 2.05) is 0 Å². The molecular weight excluding hydrogens is 282 g/mol. The van der Waals surface area contributed by atoms with Gasteiger partial charge < -0.3 is 10.4 Å². The number of rotatable bonds is 1. The Morgan fingerprint density at radius 3 is 2.82 bits per heavy atom. The van der Waals surface area contributed by atoms with Crippen molar-refractivity contribution >= 4 is 17.7 Å². The highest BCUT2D eigenvalue weighted by Crippen LogP contribution is 2.43. The van der Waals surface area contributed by atoms with Crippen LogP contribution in [0.1, 0.15) is 31.4 Å². The molecule has 0 spiro atoms. The van der Waals surface area contributed by atoms with E-state index in [9.17, 15) is 20.0 Å². The van der Waals surface area contributed by atoms with Gasteiger partial charge in [-0.2, -0.15) is 5.26 Å². The van der Waals surface area contributed by atoms with E-state index in [1.54, 1.807) is 38.1 Å². The summed E-state index contributed by atoms with van der Waals surface area (Å²) < 4.78 is 0. The van der Waals surface area contributed by atoms with Crippen LogP contribution in [0.15, 0.2) is 30.5 Å². The predicted octanol–water partition coefficient (Wildman–Crippen LogP) is 2.53. The first kappa shape index (κ1) is 14.1. The van der Waals surface area contributed by atoms with E-state index in [-0.39, 0.29) is 12.3 Å². The highest BCUT2D eigenvalue weighted by molar-refractivity contribution is 6.05. The molecule has 0 fully saturated rings. The Hall–Kier alpha value is -2.81. The molecule has 0 saturated carbocycles. The molecule has 1 aromatic rings. The van der Waals surface area contributed by atoms with Crippen molar-refractivity contribution < 1.29 is 14.7 Å². The molecule has 0 saturated heterocycles. The minimum Gasteiger partial charge on any atom is -0.465 e. The van der Waals surface area contributed by atoms with Gasteiger partial charge in [0.15, 0.2) is 5.54 Å². The van der Waals surface area contributed by atoms with E-state index in [1.165, 1.54) is 6.20 Å². The van der Waals surface area contributed by atoms with Crippen molar-refractivity contribution in [2.24, 2.45) is 0 Å². The molecule has 1 unspecified atom stereocenters. The van der Waals surface area contributed by atoms with Gasteiger partial charge >= 0.3 is 6.09 Å². The first-order chi connectivity index (χ1) is 10.3. The molecule has 0 aromatic heterocycles. The van der Waals surface area contributed by atoms with Crippen molar-refractivity contribution in [1.82, 2.24) is 4.90 Å². The number of carbonyl (C=O) groups is 2. The zero-order valence-corrected chi connectivity index (χ0v) is 12.3. The average Bonchev–Trinajstić information content (AvgIpc) is 3.00. The van der Waals surface area contributed by atoms with Crippen molar-refractivity contribution in [3.63, 3.8) is 0 Å². The number of nitriles is 1. The summed E-state index contributed by atoms with van der Waals surface area (Å²) >= 11 is 0. The molecule has 2 N–H and O–H groups in total. The Balaban J connectivity index is 2.15. The molecule has 112 valence electrons. The highest BCUT2D eigenvalue weighted by atomic mass is 16.4. The lowest BCUT2D eigenvalue weighted by Crippen LogP contribution is -2.41. The summed E-state index contributed by atoms with van der Waals surface area (Å²) in [5.41, 5.74) is 0.0808. The van der Waals surface area contributed by atoms with Crippen molar-refractivity contribution in [2.45, 2.75) is 31.2 Å². The minimum absolute atomic E-state index is 0.106. The zero-order valence-electron chi connectivity index (χ0n) is 12.3. The van der Waals surface area contributed by atoms with Crippen LogP contribution in [0, 0.1) is 11.3 Å². The van der Waals surface area contributed by atoms with E-state index < -0.39 is 17.0 Å². The van der Waals surface area contributed by atoms with Crippen LogP contribution in [-0.4, -0.2) is 22.0 Å². The van der Waals surface area contributed by atoms with Crippen molar-refractivity contribution in [3.05, 3.63) is 41.6 Å². The lowest BCUT2D eigenvalue weighted by atomic mass is 9.81. The number of hydrogen-bond donors (Lipinski definition) is 2. The zero-order chi connectivity index (χ0) is 16.1. The second kappa shape index (κ2) is 4.34. The van der Waals surface area contributed by atoms with Gasteiger partial charge in [-0.05, 0) is 37.1 Å². The lowest BCUT2D eigenvalue weighted by molar-refractivity contribution is -0.119. The second-order valence-corrected chi connectivity index (χ2v) is 6.05. The summed E-state index contributed by atoms with van der Waals surface area (Å²) in [6, 6.07) is 7.33. The summed E-state index contributed by atoms with van der Waals surface area (Å²) in [6.07, 6.45) is 2.19. The van der Waals surface area contributed by atoms with E-state index >= 15 is 0 Å². The number of carbonyl (C=O) groups excluding carboxylic acids is 1. The van der Waals surface area contributed by atoms with Crippen LogP contribution in [0.4, 0.5) is 10.5 Å². The van der Waals surface area contributed by atoms with E-state index in [2.05, 4.69) is 11.4 Å². The minimum atomic E-state index is -1.28. The fourth-order valence-electron chi connectivity index (χ4n) is 3.03. The van der Waals surface area contributed by atoms with E-state index in [4.69, 9.17) is 0 Å². The summed E-state index contributed by atoms with van der Waals surface area (Å²) in [5.74, 6) is -0.106. The molecule has 22 heavy (non-hydrogen) atoms. The fourth-order valence-corrected chi connectivity index (χ4v) is 3.03. The van der Waals surface area contributed by atoms with Crippen molar-refractivity contribution in [1.29, 1.82) is 5.26 Å². The molecule has 1 atom stereocenters. The Morgan fingerprint density at radius 2 is 2.18 bits per heavy atom. The summed E-state index contributed by atoms with van der Waals surface area (Å²) in [4.78, 5) is 24.5. The van der Waals surface area contributed by atoms with Crippen molar-refractivity contribution in [2.75, 3.05) is 5.32 Å². The largest absolute Gasteiger partial charge is 0.465 e. The van der Waals surface area contributed by atoms with E-state index in [0.29, 0.717) is 11.3 Å². The fraction of sp³-hybridized carbons (Fsp3) is 0.312. The highest BCUT2D eigenvalue weighted by Gasteiger charge is 2.45. The normalized spacial score (nSPS) is 24.8. The Bertz CT molecular complexity index is 760.